The van der Waals surface area contributed by atoms with Crippen LogP contribution < -0.4 is 10.2 Å². The summed E-state index contributed by atoms with van der Waals surface area (Å²) in [5, 5.41) is 8.30. The average molecular weight is 350 g/mol. The molecule has 0 atom stereocenters. The van der Waals surface area contributed by atoms with E-state index in [0.717, 1.165) is 35.1 Å². The summed E-state index contributed by atoms with van der Waals surface area (Å²) in [6.07, 6.45) is 7.16. The van der Waals surface area contributed by atoms with Gasteiger partial charge in [0.1, 0.15) is 0 Å². The predicted octanol–water partition coefficient (Wildman–Crippen LogP) is 2.46. The monoisotopic (exact) mass is 349 g/mol. The third-order valence-electron chi connectivity index (χ3n) is 4.47. The van der Waals surface area contributed by atoms with E-state index in [0.29, 0.717) is 6.04 Å². The molecule has 0 spiro atoms. The predicted molar refractivity (Wildman–Crippen MR) is 86.6 cm³/mol. The average Bonchev–Trinajstić information content (AvgIpc) is 3.23. The molecule has 4 rings (SSSR count). The van der Waals surface area contributed by atoms with Crippen LogP contribution in [0.15, 0.2) is 22.8 Å². The number of hydrogen-bond acceptors (Lipinski definition) is 4. The van der Waals surface area contributed by atoms with Crippen LogP contribution in [0.1, 0.15) is 25.7 Å². The van der Waals surface area contributed by atoms with Crippen molar-refractivity contribution in [2.45, 2.75) is 31.7 Å². The van der Waals surface area contributed by atoms with E-state index in [1.807, 2.05) is 22.8 Å². The Morgan fingerprint density at radius 2 is 2.05 bits per heavy atom. The van der Waals surface area contributed by atoms with Gasteiger partial charge in [-0.15, -0.1) is 5.10 Å². The van der Waals surface area contributed by atoms with E-state index in [9.17, 15) is 0 Å². The van der Waals surface area contributed by atoms with Gasteiger partial charge in [0.05, 0.1) is 4.47 Å². The summed E-state index contributed by atoms with van der Waals surface area (Å²) in [5.41, 5.74) is 0.890. The number of hydrogen-bond donors (Lipinski definition) is 1. The van der Waals surface area contributed by atoms with Gasteiger partial charge in [-0.05, 0) is 66.2 Å². The molecule has 2 aromatic rings. The van der Waals surface area contributed by atoms with Crippen molar-refractivity contribution in [2.75, 3.05) is 24.5 Å². The second-order valence-electron chi connectivity index (χ2n) is 6.15. The van der Waals surface area contributed by atoms with Crippen molar-refractivity contribution in [2.24, 2.45) is 5.92 Å². The summed E-state index contributed by atoms with van der Waals surface area (Å²) in [4.78, 5) is 6.96. The molecule has 1 aliphatic carbocycles. The van der Waals surface area contributed by atoms with E-state index in [1.165, 1.54) is 32.2 Å². The van der Waals surface area contributed by atoms with Gasteiger partial charge in [0.15, 0.2) is 5.65 Å². The number of halogens is 1. The quantitative estimate of drug-likeness (QED) is 0.920. The zero-order valence-electron chi connectivity index (χ0n) is 12.0. The van der Waals surface area contributed by atoms with Crippen LogP contribution in [-0.4, -0.2) is 40.3 Å². The lowest BCUT2D eigenvalue weighted by Crippen LogP contribution is -2.43. The van der Waals surface area contributed by atoms with Gasteiger partial charge < -0.3 is 10.2 Å². The molecule has 0 unspecified atom stereocenters. The molecule has 2 aliphatic rings. The number of nitrogens with one attached hydrogen (secondary N) is 1. The largest absolute Gasteiger partial charge is 0.339 e. The summed E-state index contributed by atoms with van der Waals surface area (Å²) in [5.74, 6) is 1.81. The molecule has 5 nitrogen and oxygen atoms in total. The number of nitrogens with zero attached hydrogens (tertiary/aromatic N) is 4. The Balaban J connectivity index is 1.41. The normalized spacial score (nSPS) is 20.3. The van der Waals surface area contributed by atoms with E-state index < -0.39 is 0 Å². The Kier molecular flexibility index (Phi) is 3.59. The molecule has 112 valence electrons. The Hall–Kier alpha value is -1.14. The topological polar surface area (TPSA) is 45.5 Å². The molecule has 1 saturated heterocycles. The molecule has 0 aromatic carbocycles. The maximum absolute atomic E-state index is 4.66. The maximum Gasteiger partial charge on any atom is 0.245 e. The number of rotatable bonds is 4. The lowest BCUT2D eigenvalue weighted by molar-refractivity contribution is 0.406. The lowest BCUT2D eigenvalue weighted by Gasteiger charge is -2.31. The first kappa shape index (κ1) is 13.5. The van der Waals surface area contributed by atoms with Gasteiger partial charge >= 0.3 is 0 Å². The van der Waals surface area contributed by atoms with Gasteiger partial charge in [-0.1, -0.05) is 0 Å². The molecule has 3 heterocycles. The molecule has 0 amide bonds. The van der Waals surface area contributed by atoms with Crippen molar-refractivity contribution in [3.8, 4) is 0 Å². The SMILES string of the molecule is Brc1cccn2nc(N3CCC(NCC4CC4)CC3)nc12. The second-order valence-corrected chi connectivity index (χ2v) is 7.00. The molecule has 1 saturated carbocycles. The first-order chi connectivity index (χ1) is 10.3. The zero-order valence-corrected chi connectivity index (χ0v) is 13.6. The number of piperidine rings is 1. The lowest BCUT2D eigenvalue weighted by atomic mass is 10.1. The van der Waals surface area contributed by atoms with Gasteiger partial charge in [-0.25, -0.2) is 4.52 Å². The van der Waals surface area contributed by atoms with Gasteiger partial charge in [-0.3, -0.25) is 0 Å². The minimum atomic E-state index is 0.672. The summed E-state index contributed by atoms with van der Waals surface area (Å²) < 4.78 is 2.83. The van der Waals surface area contributed by atoms with Crippen molar-refractivity contribution >= 4 is 27.5 Å². The van der Waals surface area contributed by atoms with Gasteiger partial charge in [-0.2, -0.15) is 4.98 Å². The third kappa shape index (κ3) is 2.92. The first-order valence-electron chi connectivity index (χ1n) is 7.79. The van der Waals surface area contributed by atoms with E-state index in [1.54, 1.807) is 0 Å². The number of anilines is 1. The van der Waals surface area contributed by atoms with Crippen LogP contribution in [0.3, 0.4) is 0 Å². The third-order valence-corrected chi connectivity index (χ3v) is 5.09. The molecule has 21 heavy (non-hydrogen) atoms. The summed E-state index contributed by atoms with van der Waals surface area (Å²) in [7, 11) is 0. The standard InChI is InChI=1S/C15H20BrN5/c16-13-2-1-7-21-14(13)18-15(19-21)20-8-5-12(6-9-20)17-10-11-3-4-11/h1-2,7,11-12,17H,3-6,8-10H2. The van der Waals surface area contributed by atoms with Crippen molar-refractivity contribution in [1.82, 2.24) is 19.9 Å². The minimum absolute atomic E-state index is 0.672. The zero-order chi connectivity index (χ0) is 14.2. The minimum Gasteiger partial charge on any atom is -0.339 e. The van der Waals surface area contributed by atoms with Crippen LogP contribution in [0.5, 0.6) is 0 Å². The van der Waals surface area contributed by atoms with Crippen LogP contribution in [0, 0.1) is 5.92 Å². The summed E-state index contributed by atoms with van der Waals surface area (Å²) in [6.45, 7) is 3.29. The van der Waals surface area contributed by atoms with Gasteiger partial charge in [0.2, 0.25) is 5.95 Å². The van der Waals surface area contributed by atoms with Gasteiger partial charge in [0, 0.05) is 25.3 Å². The van der Waals surface area contributed by atoms with E-state index in [4.69, 9.17) is 0 Å². The number of pyridine rings is 1. The maximum atomic E-state index is 4.66. The van der Waals surface area contributed by atoms with Crippen molar-refractivity contribution in [1.29, 1.82) is 0 Å². The van der Waals surface area contributed by atoms with Gasteiger partial charge in [0.25, 0.3) is 0 Å². The Bertz CT molecular complexity index is 628. The molecule has 2 aromatic heterocycles. The van der Waals surface area contributed by atoms with Crippen molar-refractivity contribution in [3.63, 3.8) is 0 Å². The van der Waals surface area contributed by atoms with Crippen LogP contribution in [-0.2, 0) is 0 Å². The highest BCUT2D eigenvalue weighted by molar-refractivity contribution is 9.10. The molecule has 2 fully saturated rings. The highest BCUT2D eigenvalue weighted by atomic mass is 79.9. The van der Waals surface area contributed by atoms with Crippen molar-refractivity contribution in [3.05, 3.63) is 22.8 Å². The molecule has 6 heteroatoms. The first-order valence-corrected chi connectivity index (χ1v) is 8.58. The Morgan fingerprint density at radius 3 is 2.76 bits per heavy atom. The molecule has 1 N–H and O–H groups in total. The number of aromatic nitrogens is 3. The molecule has 1 aliphatic heterocycles. The molecular formula is C15H20BrN5. The summed E-state index contributed by atoms with van der Waals surface area (Å²) >= 11 is 3.53. The number of fused-ring (bicyclic) bond motifs is 1. The fraction of sp³-hybridized carbons (Fsp3) is 0.600. The van der Waals surface area contributed by atoms with Crippen molar-refractivity contribution < 1.29 is 0 Å². The molecule has 0 radical (unpaired) electrons. The smallest absolute Gasteiger partial charge is 0.245 e. The Morgan fingerprint density at radius 1 is 1.24 bits per heavy atom. The second kappa shape index (κ2) is 5.57. The molecular weight excluding hydrogens is 330 g/mol. The highest BCUT2D eigenvalue weighted by Gasteiger charge is 2.25. The fourth-order valence-corrected chi connectivity index (χ4v) is 3.36. The van der Waals surface area contributed by atoms with E-state index in [-0.39, 0.29) is 0 Å². The van der Waals surface area contributed by atoms with Crippen LogP contribution in [0.2, 0.25) is 0 Å². The van der Waals surface area contributed by atoms with E-state index >= 15 is 0 Å². The van der Waals surface area contributed by atoms with Crippen LogP contribution in [0.25, 0.3) is 5.65 Å². The summed E-state index contributed by atoms with van der Waals surface area (Å²) in [6, 6.07) is 4.65. The molecule has 0 bridgehead atoms. The van der Waals surface area contributed by atoms with E-state index in [2.05, 4.69) is 36.2 Å². The van der Waals surface area contributed by atoms with Crippen LogP contribution >= 0.6 is 15.9 Å². The Labute approximate surface area is 132 Å². The van der Waals surface area contributed by atoms with Crippen LogP contribution in [0.4, 0.5) is 5.95 Å². The fourth-order valence-electron chi connectivity index (χ4n) is 2.94. The highest BCUT2D eigenvalue weighted by Crippen LogP contribution is 2.28.